The Morgan fingerprint density at radius 3 is 2.42 bits per heavy atom. The summed E-state index contributed by atoms with van der Waals surface area (Å²) in [6, 6.07) is 9.90. The Bertz CT molecular complexity index is 1190. The summed E-state index contributed by atoms with van der Waals surface area (Å²) in [7, 11) is 0. The maximum atomic E-state index is 14.0. The number of pyridine rings is 1. The average molecular weight is 528 g/mol. The number of hydrogen-bond acceptors (Lipinski definition) is 4. The van der Waals surface area contributed by atoms with E-state index in [1.54, 1.807) is 19.1 Å². The quantitative estimate of drug-likeness (QED) is 0.338. The van der Waals surface area contributed by atoms with E-state index in [9.17, 15) is 31.1 Å². The first kappa shape index (κ1) is 26.1. The largest absolute Gasteiger partial charge is 0.417 e. The number of amides is 1. The molecule has 1 amide bonds. The first-order chi connectivity index (χ1) is 16.9. The Hall–Kier alpha value is -2.95. The van der Waals surface area contributed by atoms with Crippen molar-refractivity contribution in [2.45, 2.75) is 51.0 Å². The van der Waals surface area contributed by atoms with E-state index in [2.05, 4.69) is 9.97 Å². The second kappa shape index (κ2) is 10.2. The van der Waals surface area contributed by atoms with E-state index in [0.29, 0.717) is 16.1 Å². The van der Waals surface area contributed by atoms with E-state index >= 15 is 0 Å². The number of carbonyl (C=O) groups excluding carboxylic acids is 1. The number of nitrogens with zero attached hydrogens (tertiary/aromatic N) is 3. The molecule has 0 N–H and O–H groups in total. The predicted molar refractivity (Wildman–Crippen MR) is 123 cm³/mol. The van der Waals surface area contributed by atoms with E-state index in [1.165, 1.54) is 16.2 Å². The topological polar surface area (TPSA) is 46.1 Å². The van der Waals surface area contributed by atoms with Crippen molar-refractivity contribution in [3.8, 4) is 10.4 Å². The summed E-state index contributed by atoms with van der Waals surface area (Å²) in [4.78, 5) is 23.6. The molecular formula is C25H23F6N3OS. The third-order valence-corrected chi connectivity index (χ3v) is 7.30. The summed E-state index contributed by atoms with van der Waals surface area (Å²) in [5.41, 5.74) is 0.170. The van der Waals surface area contributed by atoms with Crippen LogP contribution in [0.1, 0.15) is 46.0 Å². The molecule has 3 heterocycles. The molecule has 1 fully saturated rings. The third kappa shape index (κ3) is 5.71. The van der Waals surface area contributed by atoms with Crippen LogP contribution in [0.3, 0.4) is 0 Å². The molecule has 1 aromatic carbocycles. The monoisotopic (exact) mass is 527 g/mol. The summed E-state index contributed by atoms with van der Waals surface area (Å²) in [6.07, 6.45) is -8.43. The smallest absolute Gasteiger partial charge is 0.334 e. The molecule has 11 heteroatoms. The van der Waals surface area contributed by atoms with Gasteiger partial charge in [-0.3, -0.25) is 9.78 Å². The Balaban J connectivity index is 1.62. The predicted octanol–water partition coefficient (Wildman–Crippen LogP) is 6.95. The maximum Gasteiger partial charge on any atom is 0.417 e. The fourth-order valence-corrected chi connectivity index (χ4v) is 5.49. The van der Waals surface area contributed by atoms with Gasteiger partial charge in [0, 0.05) is 24.5 Å². The minimum Gasteiger partial charge on any atom is -0.334 e. The van der Waals surface area contributed by atoms with Gasteiger partial charge in [-0.15, -0.1) is 11.3 Å². The second-order valence-electron chi connectivity index (χ2n) is 8.71. The SMILES string of the molecule is Cc1nc(C(=O)N2CCC[C@@H](C(F)(F)F)[C@H]2CCc2ccc(C(F)(F)F)cn2)c(-c2ccccc2)s1. The number of alkyl halides is 6. The fraction of sp³-hybridized carbons (Fsp3) is 0.400. The number of likely N-dealkylation sites (tertiary alicyclic amines) is 1. The van der Waals surface area contributed by atoms with Gasteiger partial charge in [0.1, 0.15) is 5.69 Å². The zero-order valence-electron chi connectivity index (χ0n) is 19.2. The zero-order valence-corrected chi connectivity index (χ0v) is 20.1. The minimum absolute atomic E-state index is 0.000793. The van der Waals surface area contributed by atoms with Crippen LogP contribution in [0.5, 0.6) is 0 Å². The molecule has 4 nitrogen and oxygen atoms in total. The van der Waals surface area contributed by atoms with Crippen LogP contribution >= 0.6 is 11.3 Å². The van der Waals surface area contributed by atoms with Gasteiger partial charge in [-0.25, -0.2) is 4.98 Å². The molecule has 0 saturated carbocycles. The molecule has 0 bridgehead atoms. The normalized spacial score (nSPS) is 18.9. The molecule has 4 rings (SSSR count). The molecule has 0 unspecified atom stereocenters. The lowest BCUT2D eigenvalue weighted by atomic mass is 9.85. The Morgan fingerprint density at radius 2 is 1.81 bits per heavy atom. The lowest BCUT2D eigenvalue weighted by molar-refractivity contribution is -0.198. The molecule has 1 saturated heterocycles. The van der Waals surface area contributed by atoms with Crippen LogP contribution in [-0.2, 0) is 12.6 Å². The molecule has 0 aliphatic carbocycles. The average Bonchev–Trinajstić information content (AvgIpc) is 3.23. The van der Waals surface area contributed by atoms with Gasteiger partial charge in [-0.2, -0.15) is 26.3 Å². The number of benzene rings is 1. The lowest BCUT2D eigenvalue weighted by Gasteiger charge is -2.42. The van der Waals surface area contributed by atoms with E-state index in [0.717, 1.165) is 17.7 Å². The maximum absolute atomic E-state index is 14.0. The van der Waals surface area contributed by atoms with E-state index in [1.807, 2.05) is 18.2 Å². The standard InChI is InChI=1S/C25H23F6N3OS/c1-15-33-21(22(36-15)16-6-3-2-4-7-16)23(35)34-13-5-8-19(25(29,30)31)20(34)12-11-18-10-9-17(14-32-18)24(26,27)28/h2-4,6-7,9-10,14,19-20H,5,8,11-13H2,1H3/t19-,20-/m1/s1. The number of aryl methyl sites for hydroxylation is 2. The molecule has 36 heavy (non-hydrogen) atoms. The highest BCUT2D eigenvalue weighted by Gasteiger charge is 2.49. The van der Waals surface area contributed by atoms with Gasteiger partial charge in [0.25, 0.3) is 5.91 Å². The van der Waals surface area contributed by atoms with Gasteiger partial charge in [0.05, 0.1) is 21.4 Å². The van der Waals surface area contributed by atoms with Crippen molar-refractivity contribution in [2.75, 3.05) is 6.54 Å². The van der Waals surface area contributed by atoms with Crippen LogP contribution in [0.4, 0.5) is 26.3 Å². The highest BCUT2D eigenvalue weighted by molar-refractivity contribution is 7.15. The summed E-state index contributed by atoms with van der Waals surface area (Å²) < 4.78 is 80.5. The van der Waals surface area contributed by atoms with Crippen molar-refractivity contribution in [1.29, 1.82) is 0 Å². The third-order valence-electron chi connectivity index (χ3n) is 6.28. The molecule has 3 aromatic rings. The van der Waals surface area contributed by atoms with Crippen molar-refractivity contribution in [3.05, 3.63) is 70.6 Å². The number of thiazole rings is 1. The van der Waals surface area contributed by atoms with Crippen LogP contribution < -0.4 is 0 Å². The van der Waals surface area contributed by atoms with Crippen molar-refractivity contribution >= 4 is 17.2 Å². The van der Waals surface area contributed by atoms with Gasteiger partial charge in [-0.05, 0) is 50.3 Å². The molecule has 1 aliphatic heterocycles. The van der Waals surface area contributed by atoms with Crippen LogP contribution in [0.25, 0.3) is 10.4 Å². The molecule has 0 spiro atoms. The molecule has 2 aromatic heterocycles. The van der Waals surface area contributed by atoms with Gasteiger partial charge in [0.15, 0.2) is 0 Å². The van der Waals surface area contributed by atoms with Gasteiger partial charge < -0.3 is 4.90 Å². The zero-order chi connectivity index (χ0) is 26.1. The number of rotatable bonds is 5. The number of carbonyl (C=O) groups is 1. The number of piperidine rings is 1. The van der Waals surface area contributed by atoms with E-state index < -0.39 is 35.8 Å². The fourth-order valence-electron chi connectivity index (χ4n) is 4.58. The number of aromatic nitrogens is 2. The van der Waals surface area contributed by atoms with Gasteiger partial charge in [0.2, 0.25) is 0 Å². The summed E-state index contributed by atoms with van der Waals surface area (Å²) in [5, 5.41) is 0.618. The summed E-state index contributed by atoms with van der Waals surface area (Å²) in [6.45, 7) is 1.87. The number of hydrogen-bond donors (Lipinski definition) is 0. The Labute approximate surface area is 208 Å². The van der Waals surface area contributed by atoms with Crippen molar-refractivity contribution < 1.29 is 31.1 Å². The highest BCUT2D eigenvalue weighted by Crippen LogP contribution is 2.41. The van der Waals surface area contributed by atoms with Crippen LogP contribution in [0.2, 0.25) is 0 Å². The van der Waals surface area contributed by atoms with Gasteiger partial charge in [-0.1, -0.05) is 30.3 Å². The molecule has 1 aliphatic rings. The van der Waals surface area contributed by atoms with E-state index in [4.69, 9.17) is 0 Å². The van der Waals surface area contributed by atoms with Crippen molar-refractivity contribution in [2.24, 2.45) is 5.92 Å². The lowest BCUT2D eigenvalue weighted by Crippen LogP contribution is -2.53. The first-order valence-electron chi connectivity index (χ1n) is 11.4. The van der Waals surface area contributed by atoms with E-state index in [-0.39, 0.29) is 43.6 Å². The minimum atomic E-state index is -4.55. The highest BCUT2D eigenvalue weighted by atomic mass is 32.1. The molecular weight excluding hydrogens is 504 g/mol. The Kier molecular flexibility index (Phi) is 7.40. The van der Waals surface area contributed by atoms with Gasteiger partial charge >= 0.3 is 12.4 Å². The van der Waals surface area contributed by atoms with Crippen molar-refractivity contribution in [3.63, 3.8) is 0 Å². The van der Waals surface area contributed by atoms with Crippen LogP contribution in [-0.4, -0.2) is 39.5 Å². The van der Waals surface area contributed by atoms with Crippen molar-refractivity contribution in [1.82, 2.24) is 14.9 Å². The number of halogens is 6. The van der Waals surface area contributed by atoms with Crippen LogP contribution in [0, 0.1) is 12.8 Å². The summed E-state index contributed by atoms with van der Waals surface area (Å²) >= 11 is 1.30. The van der Waals surface area contributed by atoms with Crippen LogP contribution in [0.15, 0.2) is 48.7 Å². The first-order valence-corrected chi connectivity index (χ1v) is 12.2. The molecule has 0 radical (unpaired) electrons. The molecule has 192 valence electrons. The summed E-state index contributed by atoms with van der Waals surface area (Å²) in [5.74, 6) is -2.32. The Morgan fingerprint density at radius 1 is 1.08 bits per heavy atom. The molecule has 2 atom stereocenters. The second-order valence-corrected chi connectivity index (χ2v) is 9.91.